The Morgan fingerprint density at radius 2 is 2.33 bits per heavy atom. The Hall–Kier alpha value is 0.0534. The van der Waals surface area contributed by atoms with E-state index < -0.39 is 0 Å². The Bertz CT molecular complexity index is 220. The molecule has 0 unspecified atom stereocenters. The van der Waals surface area contributed by atoms with Crippen molar-refractivity contribution in [2.75, 3.05) is 6.61 Å². The van der Waals surface area contributed by atoms with Crippen LogP contribution >= 0.6 is 13.6 Å². The summed E-state index contributed by atoms with van der Waals surface area (Å²) >= 11 is 4.25. The molecule has 0 spiro atoms. The number of hydrogen-bond donors (Lipinski definition) is 0. The zero-order valence-electron chi connectivity index (χ0n) is 6.81. The summed E-state index contributed by atoms with van der Waals surface area (Å²) in [6, 6.07) is 7.19. The molecule has 0 aliphatic heterocycles. The van der Waals surface area contributed by atoms with Crippen LogP contribution in [0.25, 0.3) is 0 Å². The summed E-state index contributed by atoms with van der Waals surface area (Å²) < 4.78 is 17.5. The molecule has 0 fully saturated rings. The van der Waals surface area contributed by atoms with Crippen LogP contribution in [0.15, 0.2) is 18.2 Å². The average Bonchev–Trinajstić information content (AvgIpc) is 2.13. The van der Waals surface area contributed by atoms with Crippen molar-refractivity contribution in [3.63, 3.8) is 0 Å². The van der Waals surface area contributed by atoms with Crippen molar-refractivity contribution in [3.05, 3.63) is 30.1 Å². The minimum atomic E-state index is -0.357. The van der Waals surface area contributed by atoms with Gasteiger partial charge in [0.05, 0.1) is 6.61 Å². The zero-order valence-corrected chi connectivity index (χ0v) is 11.4. The Balaban J connectivity index is 0.000000561. The SMILES string of the molecule is CCOc1[c-]cccc1F.[Zn+][Br]. The molecule has 1 nitrogen and oxygen atoms in total. The second-order valence-corrected chi connectivity index (χ2v) is 1.78. The molecule has 0 radical (unpaired) electrons. The number of para-hydroxylation sites is 1. The van der Waals surface area contributed by atoms with Gasteiger partial charge in [-0.05, 0) is 6.92 Å². The number of halogens is 2. The fraction of sp³-hybridized carbons (Fsp3) is 0.250. The molecule has 1 aromatic carbocycles. The van der Waals surface area contributed by atoms with Gasteiger partial charge in [-0.15, -0.1) is 12.1 Å². The van der Waals surface area contributed by atoms with E-state index in [1.807, 2.05) is 0 Å². The molecule has 0 amide bonds. The topological polar surface area (TPSA) is 9.23 Å². The Labute approximate surface area is 88.3 Å². The number of hydrogen-bond acceptors (Lipinski definition) is 1. The molecule has 0 heterocycles. The van der Waals surface area contributed by atoms with Crippen LogP contribution in [-0.2, 0) is 16.3 Å². The molecule has 4 heteroatoms. The van der Waals surface area contributed by atoms with Crippen LogP contribution in [-0.4, -0.2) is 6.61 Å². The van der Waals surface area contributed by atoms with Crippen LogP contribution < -0.4 is 4.74 Å². The molecule has 0 atom stereocenters. The molecule has 12 heavy (non-hydrogen) atoms. The van der Waals surface area contributed by atoms with Crippen LogP contribution in [0.5, 0.6) is 5.75 Å². The van der Waals surface area contributed by atoms with Gasteiger partial charge in [0.2, 0.25) is 0 Å². The van der Waals surface area contributed by atoms with Crippen molar-refractivity contribution >= 4 is 13.6 Å². The first-order valence-corrected chi connectivity index (χ1v) is 10.3. The molecule has 62 valence electrons. The van der Waals surface area contributed by atoms with Gasteiger partial charge in [-0.3, -0.25) is 4.39 Å². The van der Waals surface area contributed by atoms with E-state index in [1.165, 1.54) is 22.4 Å². The van der Waals surface area contributed by atoms with Crippen molar-refractivity contribution in [2.24, 2.45) is 0 Å². The van der Waals surface area contributed by atoms with Gasteiger partial charge in [-0.2, -0.15) is 12.1 Å². The second-order valence-electron chi connectivity index (χ2n) is 1.78. The molecule has 0 aliphatic rings. The third-order valence-electron chi connectivity index (χ3n) is 1.06. The first kappa shape index (κ1) is 12.1. The summed E-state index contributed by atoms with van der Waals surface area (Å²) in [5, 5.41) is 0. The van der Waals surface area contributed by atoms with Gasteiger partial charge in [0.1, 0.15) is 0 Å². The molecule has 0 saturated heterocycles. The fourth-order valence-corrected chi connectivity index (χ4v) is 0.656. The summed E-state index contributed by atoms with van der Waals surface area (Å²) in [5.74, 6) is -0.158. The summed E-state index contributed by atoms with van der Waals surface area (Å²) in [4.78, 5) is 0. The predicted molar refractivity (Wildman–Crippen MR) is 45.3 cm³/mol. The van der Waals surface area contributed by atoms with Gasteiger partial charge in [0.25, 0.3) is 0 Å². The summed E-state index contributed by atoms with van der Waals surface area (Å²) in [6.45, 7) is 2.28. The van der Waals surface area contributed by atoms with Crippen molar-refractivity contribution in [1.29, 1.82) is 0 Å². The third kappa shape index (κ3) is 4.17. The van der Waals surface area contributed by atoms with E-state index in [9.17, 15) is 4.39 Å². The standard InChI is InChI=1S/C8H8FO.BrH.Zn/c1-2-10-8-6-4-3-5-7(8)9;;/h3-5H,2H2,1H3;1H;/q-1;;+2/p-1. The molecule has 0 N–H and O–H groups in total. The predicted octanol–water partition coefficient (Wildman–Crippen LogP) is 2.87. The van der Waals surface area contributed by atoms with E-state index in [1.54, 1.807) is 19.1 Å². The van der Waals surface area contributed by atoms with Crippen molar-refractivity contribution in [1.82, 2.24) is 0 Å². The van der Waals surface area contributed by atoms with Gasteiger partial charge >= 0.3 is 30.0 Å². The molecule has 0 aliphatic carbocycles. The maximum absolute atomic E-state index is 12.6. The van der Waals surface area contributed by atoms with Crippen LogP contribution in [0.1, 0.15) is 6.92 Å². The van der Waals surface area contributed by atoms with Gasteiger partial charge in [-0.25, -0.2) is 0 Å². The fourth-order valence-electron chi connectivity index (χ4n) is 0.656. The number of rotatable bonds is 2. The first-order chi connectivity index (χ1) is 5.84. The molecule has 0 aromatic heterocycles. The molecular weight excluding hydrogens is 276 g/mol. The summed E-state index contributed by atoms with van der Waals surface area (Å²) in [7, 11) is 0. The normalized spacial score (nSPS) is 8.42. The van der Waals surface area contributed by atoms with Crippen molar-refractivity contribution < 1.29 is 25.5 Å². The summed E-state index contributed by atoms with van der Waals surface area (Å²) in [6.07, 6.45) is 0. The van der Waals surface area contributed by atoms with E-state index in [2.05, 4.69) is 19.7 Å². The molecule has 0 saturated carbocycles. The van der Waals surface area contributed by atoms with Crippen molar-refractivity contribution in [2.45, 2.75) is 6.92 Å². The summed E-state index contributed by atoms with van der Waals surface area (Å²) in [5.41, 5.74) is 0. The molecular formula is C8H8BrFOZn. The van der Waals surface area contributed by atoms with Crippen LogP contribution in [0.4, 0.5) is 4.39 Å². The molecule has 1 rings (SSSR count). The van der Waals surface area contributed by atoms with Gasteiger partial charge in [0, 0.05) is 11.6 Å². The van der Waals surface area contributed by atoms with E-state index in [0.717, 1.165) is 0 Å². The van der Waals surface area contributed by atoms with E-state index in [0.29, 0.717) is 6.61 Å². The van der Waals surface area contributed by atoms with Gasteiger partial charge < -0.3 is 4.74 Å². The van der Waals surface area contributed by atoms with Crippen LogP contribution in [0.2, 0.25) is 0 Å². The van der Waals surface area contributed by atoms with Crippen LogP contribution in [0.3, 0.4) is 0 Å². The Morgan fingerprint density at radius 1 is 1.67 bits per heavy atom. The number of ether oxygens (including phenoxy) is 1. The maximum atomic E-state index is 12.6. The van der Waals surface area contributed by atoms with E-state index in [4.69, 9.17) is 4.74 Å². The van der Waals surface area contributed by atoms with E-state index in [-0.39, 0.29) is 11.6 Å². The Morgan fingerprint density at radius 3 is 2.83 bits per heavy atom. The number of benzene rings is 1. The zero-order chi connectivity index (χ0) is 9.40. The Kier molecular flexibility index (Phi) is 7.72. The minimum absolute atomic E-state index is 0.199. The van der Waals surface area contributed by atoms with Crippen LogP contribution in [0, 0.1) is 11.9 Å². The monoisotopic (exact) mass is 282 g/mol. The molecule has 0 bridgehead atoms. The van der Waals surface area contributed by atoms with Gasteiger partial charge in [0.15, 0.2) is 0 Å². The van der Waals surface area contributed by atoms with Crippen molar-refractivity contribution in [3.8, 4) is 5.75 Å². The third-order valence-corrected chi connectivity index (χ3v) is 1.06. The van der Waals surface area contributed by atoms with Gasteiger partial charge in [-0.1, -0.05) is 0 Å². The molecule has 1 aromatic rings. The quantitative estimate of drug-likeness (QED) is 0.599. The average molecular weight is 284 g/mol. The van der Waals surface area contributed by atoms with E-state index >= 15 is 0 Å². The second kappa shape index (κ2) is 7.69. The first-order valence-electron chi connectivity index (χ1n) is 3.40.